The Morgan fingerprint density at radius 1 is 1.22 bits per heavy atom. The SMILES string of the molecule is CNCc1cnc(N(C)CC2CCCCC2)cn1. The number of hydrogen-bond acceptors (Lipinski definition) is 4. The molecule has 0 aromatic carbocycles. The zero-order valence-corrected chi connectivity index (χ0v) is 11.5. The highest BCUT2D eigenvalue weighted by molar-refractivity contribution is 5.34. The molecule has 0 spiro atoms. The van der Waals surface area contributed by atoms with Gasteiger partial charge in [0.15, 0.2) is 0 Å². The summed E-state index contributed by atoms with van der Waals surface area (Å²) in [5.41, 5.74) is 0.993. The zero-order valence-electron chi connectivity index (χ0n) is 11.5. The van der Waals surface area contributed by atoms with Gasteiger partial charge >= 0.3 is 0 Å². The van der Waals surface area contributed by atoms with Crippen LogP contribution in [0.15, 0.2) is 12.4 Å². The molecule has 2 rings (SSSR count). The van der Waals surface area contributed by atoms with Crippen LogP contribution in [-0.2, 0) is 6.54 Å². The largest absolute Gasteiger partial charge is 0.358 e. The van der Waals surface area contributed by atoms with E-state index in [0.29, 0.717) is 0 Å². The first-order valence-corrected chi connectivity index (χ1v) is 6.96. The lowest BCUT2D eigenvalue weighted by Gasteiger charge is -2.27. The maximum absolute atomic E-state index is 4.49. The zero-order chi connectivity index (χ0) is 12.8. The van der Waals surface area contributed by atoms with Gasteiger partial charge in [0, 0.05) is 20.1 Å². The molecule has 0 amide bonds. The van der Waals surface area contributed by atoms with E-state index < -0.39 is 0 Å². The topological polar surface area (TPSA) is 41.1 Å². The van der Waals surface area contributed by atoms with Crippen LogP contribution >= 0.6 is 0 Å². The molecule has 0 aliphatic heterocycles. The van der Waals surface area contributed by atoms with Crippen molar-refractivity contribution in [1.29, 1.82) is 0 Å². The van der Waals surface area contributed by atoms with E-state index in [2.05, 4.69) is 27.2 Å². The van der Waals surface area contributed by atoms with Crippen molar-refractivity contribution in [3.05, 3.63) is 18.1 Å². The summed E-state index contributed by atoms with van der Waals surface area (Å²) in [5.74, 6) is 1.82. The van der Waals surface area contributed by atoms with Crippen LogP contribution in [-0.4, -0.2) is 30.6 Å². The molecule has 100 valence electrons. The number of anilines is 1. The Bertz CT molecular complexity index is 343. The molecule has 1 N–H and O–H groups in total. The standard InChI is InChI=1S/C14H24N4/c1-15-8-13-9-17-14(10-16-13)18(2)11-12-6-4-3-5-7-12/h9-10,12,15H,3-8,11H2,1-2H3. The van der Waals surface area contributed by atoms with E-state index >= 15 is 0 Å². The van der Waals surface area contributed by atoms with Crippen LogP contribution in [0.4, 0.5) is 5.82 Å². The van der Waals surface area contributed by atoms with Gasteiger partial charge < -0.3 is 10.2 Å². The van der Waals surface area contributed by atoms with Gasteiger partial charge in [-0.05, 0) is 25.8 Å². The van der Waals surface area contributed by atoms with Crippen molar-refractivity contribution in [2.75, 3.05) is 25.5 Å². The first kappa shape index (κ1) is 13.3. The molecule has 0 saturated heterocycles. The van der Waals surface area contributed by atoms with Crippen LogP contribution in [0.2, 0.25) is 0 Å². The van der Waals surface area contributed by atoms with Crippen LogP contribution < -0.4 is 10.2 Å². The average molecular weight is 248 g/mol. The number of nitrogens with one attached hydrogen (secondary N) is 1. The molecule has 1 aromatic heterocycles. The second-order valence-corrected chi connectivity index (χ2v) is 5.28. The Kier molecular flexibility index (Phi) is 4.93. The third-order valence-electron chi connectivity index (χ3n) is 3.70. The lowest BCUT2D eigenvalue weighted by molar-refractivity contribution is 0.361. The fourth-order valence-corrected chi connectivity index (χ4v) is 2.67. The summed E-state index contributed by atoms with van der Waals surface area (Å²) >= 11 is 0. The van der Waals surface area contributed by atoms with Gasteiger partial charge in [0.2, 0.25) is 0 Å². The molecule has 0 bridgehead atoms. The van der Waals surface area contributed by atoms with E-state index in [4.69, 9.17) is 0 Å². The highest BCUT2D eigenvalue weighted by Crippen LogP contribution is 2.25. The lowest BCUT2D eigenvalue weighted by Crippen LogP contribution is -2.27. The molecular formula is C14H24N4. The maximum Gasteiger partial charge on any atom is 0.146 e. The molecule has 4 heteroatoms. The van der Waals surface area contributed by atoms with Gasteiger partial charge in [-0.1, -0.05) is 19.3 Å². The molecule has 1 aliphatic carbocycles. The Balaban J connectivity index is 1.89. The van der Waals surface area contributed by atoms with Crippen LogP contribution in [0.5, 0.6) is 0 Å². The molecular weight excluding hydrogens is 224 g/mol. The van der Waals surface area contributed by atoms with Gasteiger partial charge in [0.05, 0.1) is 18.1 Å². The van der Waals surface area contributed by atoms with Crippen molar-refractivity contribution < 1.29 is 0 Å². The van der Waals surface area contributed by atoms with Crippen LogP contribution in [0.25, 0.3) is 0 Å². The predicted molar refractivity (Wildman–Crippen MR) is 74.6 cm³/mol. The fraction of sp³-hybridized carbons (Fsp3) is 0.714. The highest BCUT2D eigenvalue weighted by Gasteiger charge is 2.16. The molecule has 18 heavy (non-hydrogen) atoms. The first-order chi connectivity index (χ1) is 8.79. The van der Waals surface area contributed by atoms with Crippen molar-refractivity contribution in [2.45, 2.75) is 38.6 Å². The smallest absolute Gasteiger partial charge is 0.146 e. The predicted octanol–water partition coefficient (Wildman–Crippen LogP) is 2.21. The summed E-state index contributed by atoms with van der Waals surface area (Å²) < 4.78 is 0. The number of hydrogen-bond donors (Lipinski definition) is 1. The lowest BCUT2D eigenvalue weighted by atomic mass is 9.89. The summed E-state index contributed by atoms with van der Waals surface area (Å²) in [4.78, 5) is 11.1. The molecule has 0 atom stereocenters. The minimum Gasteiger partial charge on any atom is -0.358 e. The summed E-state index contributed by atoms with van der Waals surface area (Å²) in [6.45, 7) is 1.89. The van der Waals surface area contributed by atoms with Crippen molar-refractivity contribution >= 4 is 5.82 Å². The third kappa shape index (κ3) is 3.67. The van der Waals surface area contributed by atoms with Gasteiger partial charge in [0.25, 0.3) is 0 Å². The third-order valence-corrected chi connectivity index (χ3v) is 3.70. The van der Waals surface area contributed by atoms with E-state index in [9.17, 15) is 0 Å². The Hall–Kier alpha value is -1.16. The molecule has 4 nitrogen and oxygen atoms in total. The Morgan fingerprint density at radius 3 is 2.61 bits per heavy atom. The maximum atomic E-state index is 4.49. The van der Waals surface area contributed by atoms with Crippen molar-refractivity contribution in [3.8, 4) is 0 Å². The van der Waals surface area contributed by atoms with E-state index in [1.165, 1.54) is 32.1 Å². The van der Waals surface area contributed by atoms with E-state index in [1.807, 2.05) is 19.4 Å². The van der Waals surface area contributed by atoms with Gasteiger partial charge in [-0.2, -0.15) is 0 Å². The van der Waals surface area contributed by atoms with E-state index in [0.717, 1.165) is 30.5 Å². The summed E-state index contributed by atoms with van der Waals surface area (Å²) in [7, 11) is 4.04. The molecule has 1 heterocycles. The quantitative estimate of drug-likeness (QED) is 0.867. The van der Waals surface area contributed by atoms with Gasteiger partial charge in [0.1, 0.15) is 5.82 Å². The second kappa shape index (κ2) is 6.69. The van der Waals surface area contributed by atoms with Gasteiger partial charge in [-0.3, -0.25) is 4.98 Å². The normalized spacial score (nSPS) is 16.8. The number of rotatable bonds is 5. The van der Waals surface area contributed by atoms with Gasteiger partial charge in [-0.15, -0.1) is 0 Å². The molecule has 0 radical (unpaired) electrons. The van der Waals surface area contributed by atoms with Crippen molar-refractivity contribution in [3.63, 3.8) is 0 Å². The number of nitrogens with zero attached hydrogens (tertiary/aromatic N) is 3. The second-order valence-electron chi connectivity index (χ2n) is 5.28. The highest BCUT2D eigenvalue weighted by atomic mass is 15.2. The summed E-state index contributed by atoms with van der Waals surface area (Å²) in [5, 5.41) is 3.08. The van der Waals surface area contributed by atoms with Crippen molar-refractivity contribution in [1.82, 2.24) is 15.3 Å². The van der Waals surface area contributed by atoms with Crippen molar-refractivity contribution in [2.24, 2.45) is 5.92 Å². The summed E-state index contributed by atoms with van der Waals surface area (Å²) in [6, 6.07) is 0. The first-order valence-electron chi connectivity index (χ1n) is 6.96. The Morgan fingerprint density at radius 2 is 2.00 bits per heavy atom. The van der Waals surface area contributed by atoms with E-state index in [1.54, 1.807) is 0 Å². The molecule has 1 fully saturated rings. The minimum absolute atomic E-state index is 0.777. The summed E-state index contributed by atoms with van der Waals surface area (Å²) in [6.07, 6.45) is 10.7. The molecule has 1 saturated carbocycles. The molecule has 1 aromatic rings. The van der Waals surface area contributed by atoms with Crippen LogP contribution in [0, 0.1) is 5.92 Å². The number of aromatic nitrogens is 2. The van der Waals surface area contributed by atoms with Crippen LogP contribution in [0.1, 0.15) is 37.8 Å². The molecule has 1 aliphatic rings. The van der Waals surface area contributed by atoms with Gasteiger partial charge in [-0.25, -0.2) is 4.98 Å². The molecule has 0 unspecified atom stereocenters. The minimum atomic E-state index is 0.777. The van der Waals surface area contributed by atoms with E-state index in [-0.39, 0.29) is 0 Å². The monoisotopic (exact) mass is 248 g/mol. The Labute approximate surface area is 110 Å². The fourth-order valence-electron chi connectivity index (χ4n) is 2.67. The van der Waals surface area contributed by atoms with Crippen LogP contribution in [0.3, 0.4) is 0 Å². The average Bonchev–Trinajstić information content (AvgIpc) is 2.41.